The van der Waals surface area contributed by atoms with Gasteiger partial charge in [0.25, 0.3) is 0 Å². The van der Waals surface area contributed by atoms with Crippen LogP contribution in [0.1, 0.15) is 29.7 Å². The normalized spacial score (nSPS) is 12.6. The number of benzene rings is 2. The van der Waals surface area contributed by atoms with Crippen LogP contribution in [0.15, 0.2) is 53.4 Å². The first kappa shape index (κ1) is 15.2. The Morgan fingerprint density at radius 1 is 1.10 bits per heavy atom. The molecule has 0 aromatic heterocycles. The molecule has 1 atom stereocenters. The highest BCUT2D eigenvalue weighted by atomic mass is 32.2. The van der Waals surface area contributed by atoms with E-state index in [9.17, 15) is 8.42 Å². The second-order valence-corrected chi connectivity index (χ2v) is 6.52. The standard InChI is InChI=1S/C16H16N2O2S/c1-12-5-3-4-6-16(12)21(19,20)18-13(2)15-9-7-14(11-17)8-10-15/h3-10,13,18H,1-2H3. The monoisotopic (exact) mass is 300 g/mol. The fourth-order valence-electron chi connectivity index (χ4n) is 2.07. The first-order valence-electron chi connectivity index (χ1n) is 6.52. The van der Waals surface area contributed by atoms with Crippen molar-refractivity contribution in [3.05, 3.63) is 65.2 Å². The van der Waals surface area contributed by atoms with Crippen molar-refractivity contribution in [3.8, 4) is 6.07 Å². The van der Waals surface area contributed by atoms with E-state index >= 15 is 0 Å². The Kier molecular flexibility index (Phi) is 4.41. The minimum absolute atomic E-state index is 0.283. The van der Waals surface area contributed by atoms with Crippen LogP contribution in [-0.4, -0.2) is 8.42 Å². The van der Waals surface area contributed by atoms with Crippen LogP contribution in [0.4, 0.5) is 0 Å². The largest absolute Gasteiger partial charge is 0.241 e. The maximum atomic E-state index is 12.4. The predicted molar refractivity (Wildman–Crippen MR) is 81.1 cm³/mol. The molecular formula is C16H16N2O2S. The van der Waals surface area contributed by atoms with E-state index in [4.69, 9.17) is 5.26 Å². The van der Waals surface area contributed by atoms with Crippen molar-refractivity contribution in [1.29, 1.82) is 5.26 Å². The number of rotatable bonds is 4. The molecule has 0 aliphatic carbocycles. The highest BCUT2D eigenvalue weighted by molar-refractivity contribution is 7.89. The predicted octanol–water partition coefficient (Wildman–Crippen LogP) is 2.91. The van der Waals surface area contributed by atoms with Crippen LogP contribution < -0.4 is 4.72 Å². The number of nitrogens with one attached hydrogen (secondary N) is 1. The molecule has 0 fully saturated rings. The fourth-order valence-corrected chi connectivity index (χ4v) is 3.55. The smallest absolute Gasteiger partial charge is 0.207 e. The van der Waals surface area contributed by atoms with Crippen molar-refractivity contribution in [2.45, 2.75) is 24.8 Å². The van der Waals surface area contributed by atoms with E-state index in [1.54, 1.807) is 62.4 Å². The summed E-state index contributed by atoms with van der Waals surface area (Å²) in [4.78, 5) is 0.283. The molecule has 0 saturated carbocycles. The number of aryl methyl sites for hydroxylation is 1. The van der Waals surface area contributed by atoms with Gasteiger partial charge in [0.1, 0.15) is 0 Å². The van der Waals surface area contributed by atoms with E-state index < -0.39 is 10.0 Å². The van der Waals surface area contributed by atoms with Crippen LogP contribution in [0, 0.1) is 18.3 Å². The van der Waals surface area contributed by atoms with Crippen LogP contribution in [0.3, 0.4) is 0 Å². The Bertz CT molecular complexity index is 775. The van der Waals surface area contributed by atoms with Gasteiger partial charge in [-0.05, 0) is 43.2 Å². The molecule has 1 unspecified atom stereocenters. The van der Waals surface area contributed by atoms with Gasteiger partial charge in [-0.1, -0.05) is 30.3 Å². The fraction of sp³-hybridized carbons (Fsp3) is 0.188. The van der Waals surface area contributed by atoms with Gasteiger partial charge in [-0.15, -0.1) is 0 Å². The average molecular weight is 300 g/mol. The summed E-state index contributed by atoms with van der Waals surface area (Å²) >= 11 is 0. The number of sulfonamides is 1. The Hall–Kier alpha value is -2.16. The zero-order chi connectivity index (χ0) is 15.5. The molecule has 0 spiro atoms. The first-order valence-corrected chi connectivity index (χ1v) is 8.00. The average Bonchev–Trinajstić information content (AvgIpc) is 2.47. The maximum absolute atomic E-state index is 12.4. The van der Waals surface area contributed by atoms with Crippen molar-refractivity contribution in [2.75, 3.05) is 0 Å². The van der Waals surface area contributed by atoms with Crippen molar-refractivity contribution in [3.63, 3.8) is 0 Å². The third kappa shape index (κ3) is 3.48. The summed E-state index contributed by atoms with van der Waals surface area (Å²) in [5.74, 6) is 0. The zero-order valence-corrected chi connectivity index (χ0v) is 12.7. The minimum Gasteiger partial charge on any atom is -0.207 e. The Labute approximate surface area is 125 Å². The Morgan fingerprint density at radius 2 is 1.71 bits per heavy atom. The third-order valence-electron chi connectivity index (χ3n) is 3.25. The van der Waals surface area contributed by atoms with Gasteiger partial charge in [-0.3, -0.25) is 0 Å². The lowest BCUT2D eigenvalue weighted by molar-refractivity contribution is 0.566. The van der Waals surface area contributed by atoms with Crippen LogP contribution in [0.25, 0.3) is 0 Å². The molecule has 0 radical (unpaired) electrons. The number of nitriles is 1. The second kappa shape index (κ2) is 6.08. The quantitative estimate of drug-likeness (QED) is 0.943. The summed E-state index contributed by atoms with van der Waals surface area (Å²) in [6.45, 7) is 3.54. The molecule has 2 aromatic carbocycles. The molecule has 21 heavy (non-hydrogen) atoms. The summed E-state index contributed by atoms with van der Waals surface area (Å²) in [5.41, 5.74) is 2.07. The number of nitrogens with zero attached hydrogens (tertiary/aromatic N) is 1. The van der Waals surface area contributed by atoms with Crippen LogP contribution in [0.5, 0.6) is 0 Å². The molecule has 0 bridgehead atoms. The van der Waals surface area contributed by atoms with E-state index in [1.807, 2.05) is 6.07 Å². The maximum Gasteiger partial charge on any atom is 0.241 e. The summed E-state index contributed by atoms with van der Waals surface area (Å²) in [5, 5.41) is 8.77. The molecule has 0 saturated heterocycles. The van der Waals surface area contributed by atoms with Gasteiger partial charge in [0.15, 0.2) is 0 Å². The number of hydrogen-bond donors (Lipinski definition) is 1. The van der Waals surface area contributed by atoms with Gasteiger partial charge in [-0.25, -0.2) is 13.1 Å². The van der Waals surface area contributed by atoms with Gasteiger partial charge in [0.05, 0.1) is 16.5 Å². The first-order chi connectivity index (χ1) is 9.94. The van der Waals surface area contributed by atoms with E-state index in [0.29, 0.717) is 11.1 Å². The summed E-state index contributed by atoms with van der Waals surface area (Å²) < 4.78 is 27.4. The van der Waals surface area contributed by atoms with E-state index in [0.717, 1.165) is 5.56 Å². The lowest BCUT2D eigenvalue weighted by Crippen LogP contribution is -2.27. The SMILES string of the molecule is Cc1ccccc1S(=O)(=O)NC(C)c1ccc(C#N)cc1. The molecule has 1 N–H and O–H groups in total. The minimum atomic E-state index is -3.57. The van der Waals surface area contributed by atoms with Gasteiger partial charge in [0.2, 0.25) is 10.0 Å². The van der Waals surface area contributed by atoms with Crippen molar-refractivity contribution in [2.24, 2.45) is 0 Å². The van der Waals surface area contributed by atoms with E-state index in [-0.39, 0.29) is 10.9 Å². The Morgan fingerprint density at radius 3 is 2.29 bits per heavy atom. The Balaban J connectivity index is 2.24. The molecular weight excluding hydrogens is 284 g/mol. The molecule has 0 aliphatic heterocycles. The van der Waals surface area contributed by atoms with Gasteiger partial charge in [-0.2, -0.15) is 5.26 Å². The topological polar surface area (TPSA) is 70.0 Å². The van der Waals surface area contributed by atoms with E-state index in [2.05, 4.69) is 4.72 Å². The zero-order valence-electron chi connectivity index (χ0n) is 11.9. The van der Waals surface area contributed by atoms with Gasteiger partial charge < -0.3 is 0 Å². The molecule has 108 valence electrons. The summed E-state index contributed by atoms with van der Waals surface area (Å²) in [7, 11) is -3.57. The molecule has 0 aliphatic rings. The highest BCUT2D eigenvalue weighted by Crippen LogP contribution is 2.19. The molecule has 0 amide bonds. The van der Waals surface area contributed by atoms with Crippen molar-refractivity contribution >= 4 is 10.0 Å². The molecule has 4 nitrogen and oxygen atoms in total. The molecule has 5 heteroatoms. The molecule has 0 heterocycles. The van der Waals surface area contributed by atoms with Crippen LogP contribution in [0.2, 0.25) is 0 Å². The van der Waals surface area contributed by atoms with Crippen molar-refractivity contribution < 1.29 is 8.42 Å². The van der Waals surface area contributed by atoms with Crippen LogP contribution in [-0.2, 0) is 10.0 Å². The lowest BCUT2D eigenvalue weighted by atomic mass is 10.1. The van der Waals surface area contributed by atoms with Crippen molar-refractivity contribution in [1.82, 2.24) is 4.72 Å². The van der Waals surface area contributed by atoms with Gasteiger partial charge in [0, 0.05) is 6.04 Å². The second-order valence-electron chi connectivity index (χ2n) is 4.84. The van der Waals surface area contributed by atoms with Gasteiger partial charge >= 0.3 is 0 Å². The van der Waals surface area contributed by atoms with Crippen LogP contribution >= 0.6 is 0 Å². The molecule has 2 rings (SSSR count). The molecule has 2 aromatic rings. The third-order valence-corrected chi connectivity index (χ3v) is 4.96. The number of hydrogen-bond acceptors (Lipinski definition) is 3. The lowest BCUT2D eigenvalue weighted by Gasteiger charge is -2.15. The van der Waals surface area contributed by atoms with E-state index in [1.165, 1.54) is 0 Å². The summed E-state index contributed by atoms with van der Waals surface area (Å²) in [6.07, 6.45) is 0. The summed E-state index contributed by atoms with van der Waals surface area (Å²) in [6, 6.07) is 15.4. The highest BCUT2D eigenvalue weighted by Gasteiger charge is 2.19.